The highest BCUT2D eigenvalue weighted by atomic mass is 32.1. The Morgan fingerprint density at radius 1 is 1.10 bits per heavy atom. The van der Waals surface area contributed by atoms with Crippen LogP contribution in [0, 0.1) is 0 Å². The van der Waals surface area contributed by atoms with Crippen LogP contribution in [0.25, 0.3) is 0 Å². The van der Waals surface area contributed by atoms with Crippen molar-refractivity contribution < 1.29 is 18.0 Å². The molecule has 9 heteroatoms. The summed E-state index contributed by atoms with van der Waals surface area (Å²) in [5, 5.41) is 0.515. The molecule has 162 valence electrons. The molecular formula is C22H20F3N3O2S. The van der Waals surface area contributed by atoms with Gasteiger partial charge < -0.3 is 4.57 Å². The molecule has 4 rings (SSSR count). The number of hydrogen-bond acceptors (Lipinski definition) is 4. The largest absolute Gasteiger partial charge is 0.417 e. The first kappa shape index (κ1) is 21.3. The highest BCUT2D eigenvalue weighted by molar-refractivity contribution is 7.15. The number of aromatic nitrogens is 2. The van der Waals surface area contributed by atoms with E-state index in [-0.39, 0.29) is 6.54 Å². The van der Waals surface area contributed by atoms with Gasteiger partial charge in [-0.05, 0) is 37.3 Å². The summed E-state index contributed by atoms with van der Waals surface area (Å²) in [6, 6.07) is 10.8. The van der Waals surface area contributed by atoms with E-state index in [9.17, 15) is 22.8 Å². The number of pyridine rings is 1. The Labute approximate surface area is 180 Å². The van der Waals surface area contributed by atoms with Crippen molar-refractivity contribution in [2.24, 2.45) is 0 Å². The molecule has 3 aromatic rings. The Bertz CT molecular complexity index is 1120. The molecule has 2 aromatic heterocycles. The molecule has 1 aromatic carbocycles. The van der Waals surface area contributed by atoms with E-state index in [1.165, 1.54) is 16.2 Å². The fourth-order valence-electron chi connectivity index (χ4n) is 3.54. The third-order valence-corrected chi connectivity index (χ3v) is 6.35. The molecule has 0 saturated heterocycles. The lowest BCUT2D eigenvalue weighted by Crippen LogP contribution is -2.36. The minimum absolute atomic E-state index is 0.222. The third-order valence-electron chi connectivity index (χ3n) is 5.17. The van der Waals surface area contributed by atoms with E-state index in [0.29, 0.717) is 11.3 Å². The van der Waals surface area contributed by atoms with Crippen molar-refractivity contribution in [3.63, 3.8) is 0 Å². The van der Waals surface area contributed by atoms with Crippen LogP contribution in [0.1, 0.15) is 34.5 Å². The highest BCUT2D eigenvalue weighted by Crippen LogP contribution is 2.33. The van der Waals surface area contributed by atoms with Crippen LogP contribution < -0.4 is 10.5 Å². The SMILES string of the molecule is O=C(Cn1cc(C(F)(F)F)ccc1=O)N(Cc1ccccc1)c1nc2c(s1)CCCC2. The number of hydrogen-bond donors (Lipinski definition) is 0. The van der Waals surface area contributed by atoms with E-state index in [1.807, 2.05) is 30.3 Å². The summed E-state index contributed by atoms with van der Waals surface area (Å²) in [7, 11) is 0. The number of fused-ring (bicyclic) bond motifs is 1. The van der Waals surface area contributed by atoms with Crippen molar-refractivity contribution in [2.45, 2.75) is 44.9 Å². The van der Waals surface area contributed by atoms with Crippen LogP contribution in [-0.2, 0) is 36.9 Å². The minimum atomic E-state index is -4.60. The van der Waals surface area contributed by atoms with Crippen LogP contribution in [0.15, 0.2) is 53.5 Å². The molecule has 1 aliphatic carbocycles. The average Bonchev–Trinajstić information content (AvgIpc) is 3.17. The molecule has 0 radical (unpaired) electrons. The van der Waals surface area contributed by atoms with Gasteiger partial charge in [0.15, 0.2) is 5.13 Å². The molecule has 0 fully saturated rings. The summed E-state index contributed by atoms with van der Waals surface area (Å²) >= 11 is 1.44. The lowest BCUT2D eigenvalue weighted by molar-refractivity contribution is -0.138. The topological polar surface area (TPSA) is 55.2 Å². The van der Waals surface area contributed by atoms with E-state index in [2.05, 4.69) is 4.98 Å². The zero-order valence-corrected chi connectivity index (χ0v) is 17.4. The first-order valence-corrected chi connectivity index (χ1v) is 10.7. The number of thiazole rings is 1. The molecule has 1 aliphatic rings. The third kappa shape index (κ3) is 4.87. The van der Waals surface area contributed by atoms with Crippen molar-refractivity contribution in [3.05, 3.63) is 80.7 Å². The molecule has 5 nitrogen and oxygen atoms in total. The van der Waals surface area contributed by atoms with Crippen LogP contribution in [0.2, 0.25) is 0 Å². The Balaban J connectivity index is 1.66. The van der Waals surface area contributed by atoms with E-state index in [1.54, 1.807) is 0 Å². The number of alkyl halides is 3. The summed E-state index contributed by atoms with van der Waals surface area (Å²) in [6.07, 6.45) is -0.0343. The molecule has 2 heterocycles. The smallest absolute Gasteiger partial charge is 0.305 e. The van der Waals surface area contributed by atoms with Crippen LogP contribution in [0.3, 0.4) is 0 Å². The second kappa shape index (κ2) is 8.66. The first-order valence-electron chi connectivity index (χ1n) is 9.92. The van der Waals surface area contributed by atoms with Crippen molar-refractivity contribution in [2.75, 3.05) is 4.90 Å². The number of halogens is 3. The number of carbonyl (C=O) groups excluding carboxylic acids is 1. The fourth-order valence-corrected chi connectivity index (χ4v) is 4.70. The number of carbonyl (C=O) groups is 1. The number of benzene rings is 1. The fraction of sp³-hybridized carbons (Fsp3) is 0.318. The van der Waals surface area contributed by atoms with Crippen LogP contribution in [-0.4, -0.2) is 15.5 Å². The lowest BCUT2D eigenvalue weighted by Gasteiger charge is -2.21. The van der Waals surface area contributed by atoms with Gasteiger partial charge >= 0.3 is 6.18 Å². The summed E-state index contributed by atoms with van der Waals surface area (Å²) in [6.45, 7) is -0.278. The van der Waals surface area contributed by atoms with Crippen LogP contribution >= 0.6 is 11.3 Å². The predicted octanol–water partition coefficient (Wildman–Crippen LogP) is 4.44. The van der Waals surface area contributed by atoms with Gasteiger partial charge in [-0.2, -0.15) is 13.2 Å². The number of aryl methyl sites for hydroxylation is 2. The maximum Gasteiger partial charge on any atom is 0.417 e. The number of amides is 1. The molecule has 0 aliphatic heterocycles. The number of nitrogens with zero attached hydrogens (tertiary/aromatic N) is 3. The van der Waals surface area contributed by atoms with Gasteiger partial charge in [0.2, 0.25) is 5.91 Å². The van der Waals surface area contributed by atoms with E-state index in [4.69, 9.17) is 0 Å². The maximum atomic E-state index is 13.2. The maximum absolute atomic E-state index is 13.2. The van der Waals surface area contributed by atoms with Crippen molar-refractivity contribution in [3.8, 4) is 0 Å². The summed E-state index contributed by atoms with van der Waals surface area (Å²) in [5.41, 5.74) is 0.201. The van der Waals surface area contributed by atoms with Gasteiger partial charge in [0, 0.05) is 17.1 Å². The van der Waals surface area contributed by atoms with E-state index in [0.717, 1.165) is 58.5 Å². The molecule has 0 atom stereocenters. The Morgan fingerprint density at radius 3 is 2.55 bits per heavy atom. The first-order chi connectivity index (χ1) is 14.8. The Kier molecular flexibility index (Phi) is 5.95. The molecule has 0 unspecified atom stereocenters. The van der Waals surface area contributed by atoms with Crippen molar-refractivity contribution in [1.82, 2.24) is 9.55 Å². The average molecular weight is 447 g/mol. The lowest BCUT2D eigenvalue weighted by atomic mass is 10.0. The van der Waals surface area contributed by atoms with Crippen molar-refractivity contribution >= 4 is 22.4 Å². The molecule has 0 spiro atoms. The summed E-state index contributed by atoms with van der Waals surface area (Å²) in [4.78, 5) is 32.6. The molecule has 0 N–H and O–H groups in total. The normalized spacial score (nSPS) is 13.6. The minimum Gasteiger partial charge on any atom is -0.305 e. The molecule has 0 saturated carbocycles. The Morgan fingerprint density at radius 2 is 1.84 bits per heavy atom. The van der Waals surface area contributed by atoms with Crippen LogP contribution in [0.4, 0.5) is 18.3 Å². The molecule has 31 heavy (non-hydrogen) atoms. The molecule has 1 amide bonds. The van der Waals surface area contributed by atoms with Gasteiger partial charge in [-0.25, -0.2) is 4.98 Å². The van der Waals surface area contributed by atoms with Gasteiger partial charge in [0.1, 0.15) is 6.54 Å². The second-order valence-corrected chi connectivity index (χ2v) is 8.48. The molecular weight excluding hydrogens is 427 g/mol. The predicted molar refractivity (Wildman–Crippen MR) is 112 cm³/mol. The van der Waals surface area contributed by atoms with E-state index >= 15 is 0 Å². The van der Waals surface area contributed by atoms with Gasteiger partial charge in [0.25, 0.3) is 5.56 Å². The van der Waals surface area contributed by atoms with Gasteiger partial charge in [0.05, 0.1) is 17.8 Å². The summed E-state index contributed by atoms with van der Waals surface area (Å²) < 4.78 is 40.0. The zero-order chi connectivity index (χ0) is 22.0. The quantitative estimate of drug-likeness (QED) is 0.581. The second-order valence-electron chi connectivity index (χ2n) is 7.42. The standard InChI is InChI=1S/C22H20F3N3O2S/c23-22(24,25)16-10-11-19(29)27(13-16)14-20(30)28(12-15-6-2-1-3-7-15)21-26-17-8-4-5-9-18(17)31-21/h1-3,6-7,10-11,13H,4-5,8-9,12,14H2. The van der Waals surface area contributed by atoms with Crippen molar-refractivity contribution in [1.29, 1.82) is 0 Å². The monoisotopic (exact) mass is 447 g/mol. The zero-order valence-electron chi connectivity index (χ0n) is 16.6. The van der Waals surface area contributed by atoms with Gasteiger partial charge in [-0.15, -0.1) is 11.3 Å². The van der Waals surface area contributed by atoms with Crippen LogP contribution in [0.5, 0.6) is 0 Å². The van der Waals surface area contributed by atoms with E-state index < -0.39 is 29.8 Å². The Hall–Kier alpha value is -2.94. The number of rotatable bonds is 5. The highest BCUT2D eigenvalue weighted by Gasteiger charge is 2.31. The summed E-state index contributed by atoms with van der Waals surface area (Å²) in [5.74, 6) is -0.489. The van der Waals surface area contributed by atoms with Gasteiger partial charge in [-0.3, -0.25) is 14.5 Å². The number of anilines is 1. The molecule has 0 bridgehead atoms. The van der Waals surface area contributed by atoms with Gasteiger partial charge in [-0.1, -0.05) is 30.3 Å².